The summed E-state index contributed by atoms with van der Waals surface area (Å²) in [6.07, 6.45) is 0.0924. The zero-order valence-corrected chi connectivity index (χ0v) is 23.0. The second kappa shape index (κ2) is 12.7. The van der Waals surface area contributed by atoms with Crippen molar-refractivity contribution in [1.82, 2.24) is 9.80 Å². The predicted molar refractivity (Wildman–Crippen MR) is 145 cm³/mol. The highest BCUT2D eigenvalue weighted by Gasteiger charge is 2.42. The fourth-order valence-corrected chi connectivity index (χ4v) is 4.63. The maximum Gasteiger partial charge on any atom is 0.260 e. The minimum Gasteiger partial charge on any atom is -0.490 e. The minimum absolute atomic E-state index is 0.0461. The highest BCUT2D eigenvalue weighted by Crippen LogP contribution is 2.28. The van der Waals surface area contributed by atoms with E-state index in [-0.39, 0.29) is 38.0 Å². The first-order valence-corrected chi connectivity index (χ1v) is 13.2. The third kappa shape index (κ3) is 7.30. The number of carbonyl (C=O) groups is 2. The van der Waals surface area contributed by atoms with E-state index in [4.69, 9.17) is 30.5 Å². The van der Waals surface area contributed by atoms with Gasteiger partial charge in [0.05, 0.1) is 32.8 Å². The van der Waals surface area contributed by atoms with Gasteiger partial charge in [-0.25, -0.2) is 0 Å². The van der Waals surface area contributed by atoms with E-state index in [0.29, 0.717) is 56.0 Å². The number of anilines is 1. The molecule has 0 N–H and O–H groups in total. The van der Waals surface area contributed by atoms with Crippen LogP contribution >= 0.6 is 11.6 Å². The van der Waals surface area contributed by atoms with E-state index in [9.17, 15) is 9.59 Å². The molecule has 2 saturated heterocycles. The summed E-state index contributed by atoms with van der Waals surface area (Å²) in [5.74, 6) is 1.03. The lowest BCUT2D eigenvalue weighted by Crippen LogP contribution is -2.59. The summed E-state index contributed by atoms with van der Waals surface area (Å²) in [5.41, 5.74) is 0.873. The van der Waals surface area contributed by atoms with E-state index in [2.05, 4.69) is 0 Å². The molecule has 0 bridgehead atoms. The van der Waals surface area contributed by atoms with Crippen molar-refractivity contribution in [3.05, 3.63) is 53.1 Å². The molecule has 0 aromatic heterocycles. The van der Waals surface area contributed by atoms with Gasteiger partial charge in [0, 0.05) is 50.5 Å². The van der Waals surface area contributed by atoms with Crippen molar-refractivity contribution < 1.29 is 28.5 Å². The van der Waals surface area contributed by atoms with Gasteiger partial charge in [-0.05, 0) is 42.8 Å². The van der Waals surface area contributed by atoms with Crippen LogP contribution in [0, 0.1) is 6.92 Å². The molecular formula is C28H36ClN3O6. The van der Waals surface area contributed by atoms with Crippen molar-refractivity contribution in [2.75, 3.05) is 78.2 Å². The van der Waals surface area contributed by atoms with Crippen LogP contribution in [-0.4, -0.2) is 101 Å². The Bertz CT molecular complexity index is 1120. The van der Waals surface area contributed by atoms with E-state index in [1.807, 2.05) is 56.3 Å². The zero-order chi connectivity index (χ0) is 27.1. The quantitative estimate of drug-likeness (QED) is 0.479. The summed E-state index contributed by atoms with van der Waals surface area (Å²) in [4.78, 5) is 31.9. The summed E-state index contributed by atoms with van der Waals surface area (Å²) >= 11 is 6.16. The fraction of sp³-hybridized carbons (Fsp3) is 0.500. The lowest BCUT2D eigenvalue weighted by atomic mass is 9.96. The lowest BCUT2D eigenvalue weighted by Gasteiger charge is -2.43. The molecule has 2 aliphatic heterocycles. The number of morpholine rings is 2. The van der Waals surface area contributed by atoms with Crippen LogP contribution in [-0.2, 0) is 19.1 Å². The summed E-state index contributed by atoms with van der Waals surface area (Å²) in [6, 6.07) is 13.0. The van der Waals surface area contributed by atoms with Gasteiger partial charge in [-0.2, -0.15) is 0 Å². The number of carbonyl (C=O) groups excluding carboxylic acids is 2. The molecule has 0 radical (unpaired) electrons. The average Bonchev–Trinajstić information content (AvgIpc) is 2.93. The van der Waals surface area contributed by atoms with E-state index in [0.717, 1.165) is 11.3 Å². The molecule has 2 amide bonds. The van der Waals surface area contributed by atoms with Gasteiger partial charge in [0.25, 0.3) is 5.91 Å². The molecule has 38 heavy (non-hydrogen) atoms. The van der Waals surface area contributed by atoms with Crippen molar-refractivity contribution in [2.45, 2.75) is 18.9 Å². The Kier molecular flexibility index (Phi) is 9.35. The number of rotatable bonds is 9. The van der Waals surface area contributed by atoms with Crippen LogP contribution in [0.25, 0.3) is 0 Å². The monoisotopic (exact) mass is 545 g/mol. The normalized spacial score (nSPS) is 19.7. The first-order chi connectivity index (χ1) is 18.2. The largest absolute Gasteiger partial charge is 0.490 e. The Labute approximate surface area is 229 Å². The van der Waals surface area contributed by atoms with Crippen molar-refractivity contribution in [3.8, 4) is 11.5 Å². The Morgan fingerprint density at radius 3 is 2.45 bits per heavy atom. The number of benzene rings is 2. The fourth-order valence-electron chi connectivity index (χ4n) is 4.51. The molecule has 1 atom stereocenters. The summed E-state index contributed by atoms with van der Waals surface area (Å²) in [7, 11) is 3.90. The van der Waals surface area contributed by atoms with Crippen LogP contribution in [0.3, 0.4) is 0 Å². The smallest absolute Gasteiger partial charge is 0.260 e. The third-order valence-corrected chi connectivity index (χ3v) is 7.19. The van der Waals surface area contributed by atoms with Crippen LogP contribution < -0.4 is 14.4 Å². The Hall–Kier alpha value is -3.01. The van der Waals surface area contributed by atoms with E-state index in [1.165, 1.54) is 0 Å². The molecular weight excluding hydrogens is 510 g/mol. The van der Waals surface area contributed by atoms with Crippen molar-refractivity contribution in [1.29, 1.82) is 0 Å². The topological polar surface area (TPSA) is 80.8 Å². The number of hydrogen-bond donors (Lipinski definition) is 0. The van der Waals surface area contributed by atoms with Crippen LogP contribution in [0.2, 0.25) is 5.02 Å². The molecule has 0 aliphatic carbocycles. The molecule has 1 unspecified atom stereocenters. The van der Waals surface area contributed by atoms with Crippen molar-refractivity contribution in [2.24, 2.45) is 0 Å². The number of amides is 2. The first-order valence-electron chi connectivity index (χ1n) is 12.8. The Morgan fingerprint density at radius 1 is 0.974 bits per heavy atom. The molecule has 2 aromatic rings. The van der Waals surface area contributed by atoms with Gasteiger partial charge in [-0.3, -0.25) is 9.59 Å². The molecule has 4 rings (SSSR count). The first kappa shape index (κ1) is 28.0. The molecule has 2 aromatic carbocycles. The molecule has 206 valence electrons. The molecule has 9 nitrogen and oxygen atoms in total. The zero-order valence-electron chi connectivity index (χ0n) is 22.3. The van der Waals surface area contributed by atoms with Gasteiger partial charge in [0.2, 0.25) is 5.91 Å². The van der Waals surface area contributed by atoms with E-state index in [1.54, 1.807) is 21.9 Å². The van der Waals surface area contributed by atoms with Gasteiger partial charge >= 0.3 is 0 Å². The molecule has 0 spiro atoms. The predicted octanol–water partition coefficient (Wildman–Crippen LogP) is 3.02. The lowest BCUT2D eigenvalue weighted by molar-refractivity contribution is -0.168. The van der Waals surface area contributed by atoms with Crippen molar-refractivity contribution >= 4 is 29.1 Å². The van der Waals surface area contributed by atoms with E-state index >= 15 is 0 Å². The minimum atomic E-state index is -0.998. The number of aryl methyl sites for hydroxylation is 1. The molecule has 2 aliphatic rings. The van der Waals surface area contributed by atoms with Crippen LogP contribution in [0.4, 0.5) is 5.69 Å². The van der Waals surface area contributed by atoms with Crippen molar-refractivity contribution in [3.63, 3.8) is 0 Å². The number of halogens is 1. The molecule has 0 saturated carbocycles. The number of ether oxygens (including phenoxy) is 4. The molecule has 2 fully saturated rings. The summed E-state index contributed by atoms with van der Waals surface area (Å²) in [6.45, 7) is 4.92. The van der Waals surface area contributed by atoms with Gasteiger partial charge in [-0.15, -0.1) is 0 Å². The van der Waals surface area contributed by atoms with E-state index < -0.39 is 5.60 Å². The van der Waals surface area contributed by atoms with Crippen LogP contribution in [0.1, 0.15) is 12.0 Å². The maximum atomic E-state index is 13.2. The van der Waals surface area contributed by atoms with Gasteiger partial charge in [0.1, 0.15) is 23.7 Å². The van der Waals surface area contributed by atoms with Crippen LogP contribution in [0.15, 0.2) is 42.5 Å². The number of hydrogen-bond acceptors (Lipinski definition) is 7. The highest BCUT2D eigenvalue weighted by atomic mass is 35.5. The Morgan fingerprint density at radius 2 is 1.71 bits per heavy atom. The summed E-state index contributed by atoms with van der Waals surface area (Å²) < 4.78 is 23.5. The number of nitrogens with zero attached hydrogens (tertiary/aromatic N) is 3. The van der Waals surface area contributed by atoms with Crippen LogP contribution in [0.5, 0.6) is 11.5 Å². The van der Waals surface area contributed by atoms with Gasteiger partial charge in [0.15, 0.2) is 6.61 Å². The summed E-state index contributed by atoms with van der Waals surface area (Å²) in [5, 5.41) is 0.649. The molecule has 10 heteroatoms. The second-order valence-electron chi connectivity index (χ2n) is 9.90. The second-order valence-corrected chi connectivity index (χ2v) is 10.3. The third-order valence-electron chi connectivity index (χ3n) is 6.77. The van der Waals surface area contributed by atoms with Gasteiger partial charge in [-0.1, -0.05) is 17.7 Å². The highest BCUT2D eigenvalue weighted by molar-refractivity contribution is 6.31. The standard InChI is InChI=1S/C28H36ClN3O6/c1-21-15-24(7-8-25(21)29)37-20-28(17-26(33)31-9-12-35-13-10-31)19-32(11-14-38-28)27(34)18-36-23-6-4-5-22(16-23)30(2)3/h4-8,15-16H,9-14,17-20H2,1-3H3. The SMILES string of the molecule is Cc1cc(OCC2(CC(=O)N3CCOCC3)CN(C(=O)COc3cccc(N(C)C)c3)CCO2)ccc1Cl. The maximum absolute atomic E-state index is 13.2. The Balaban J connectivity index is 1.45. The molecule has 2 heterocycles. The van der Waals surface area contributed by atoms with Gasteiger partial charge < -0.3 is 33.6 Å². The average molecular weight is 546 g/mol.